The Morgan fingerprint density at radius 3 is 2.38 bits per heavy atom. The average Bonchev–Trinajstić information content (AvgIpc) is 2.43. The molecule has 0 aromatic heterocycles. The number of nitrogens with two attached hydrogens (primary N) is 1. The quantitative estimate of drug-likeness (QED) is 0.612. The van der Waals surface area contributed by atoms with Crippen molar-refractivity contribution in [3.8, 4) is 0 Å². The SMILES string of the molecule is NNC(Cc1ccc(Br)cc1F)Cc1ccc(F)cc1Cl. The lowest BCUT2D eigenvalue weighted by Gasteiger charge is -2.17. The highest BCUT2D eigenvalue weighted by molar-refractivity contribution is 9.10. The molecule has 0 amide bonds. The van der Waals surface area contributed by atoms with Crippen molar-refractivity contribution in [1.82, 2.24) is 5.43 Å². The molecule has 2 rings (SSSR count). The van der Waals surface area contributed by atoms with E-state index in [4.69, 9.17) is 17.4 Å². The van der Waals surface area contributed by atoms with Gasteiger partial charge in [-0.3, -0.25) is 11.3 Å². The van der Waals surface area contributed by atoms with Crippen LogP contribution in [0.4, 0.5) is 8.78 Å². The maximum atomic E-state index is 13.8. The van der Waals surface area contributed by atoms with Crippen LogP contribution in [0.1, 0.15) is 11.1 Å². The van der Waals surface area contributed by atoms with Gasteiger partial charge >= 0.3 is 0 Å². The van der Waals surface area contributed by atoms with Gasteiger partial charge in [-0.2, -0.15) is 0 Å². The zero-order valence-electron chi connectivity index (χ0n) is 11.0. The van der Waals surface area contributed by atoms with Crippen molar-refractivity contribution in [3.05, 3.63) is 68.7 Å². The van der Waals surface area contributed by atoms with Crippen LogP contribution in [-0.2, 0) is 12.8 Å². The Bertz CT molecular complexity index is 584. The molecule has 0 saturated heterocycles. The number of nitrogens with one attached hydrogen (secondary N) is 1. The molecule has 3 N–H and O–H groups in total. The van der Waals surface area contributed by atoms with Crippen molar-refractivity contribution in [3.63, 3.8) is 0 Å². The first-order valence-electron chi connectivity index (χ1n) is 6.33. The lowest BCUT2D eigenvalue weighted by atomic mass is 9.99. The smallest absolute Gasteiger partial charge is 0.127 e. The fourth-order valence-electron chi connectivity index (χ4n) is 2.10. The Hall–Kier alpha value is -1.01. The van der Waals surface area contributed by atoms with E-state index in [-0.39, 0.29) is 17.7 Å². The van der Waals surface area contributed by atoms with Gasteiger partial charge in [0.25, 0.3) is 0 Å². The second-order valence-corrected chi connectivity index (χ2v) is 6.07. The maximum Gasteiger partial charge on any atom is 0.127 e. The molecular formula is C15H14BrClF2N2. The average molecular weight is 376 g/mol. The molecular weight excluding hydrogens is 362 g/mol. The van der Waals surface area contributed by atoms with Crippen LogP contribution in [0.5, 0.6) is 0 Å². The van der Waals surface area contributed by atoms with Crippen molar-refractivity contribution in [2.24, 2.45) is 5.84 Å². The van der Waals surface area contributed by atoms with Gasteiger partial charge in [-0.25, -0.2) is 8.78 Å². The van der Waals surface area contributed by atoms with Crippen LogP contribution in [0, 0.1) is 11.6 Å². The minimum atomic E-state index is -0.389. The van der Waals surface area contributed by atoms with Gasteiger partial charge in [-0.15, -0.1) is 0 Å². The molecule has 1 atom stereocenters. The predicted octanol–water partition coefficient (Wildman–Crippen LogP) is 4.00. The predicted molar refractivity (Wildman–Crippen MR) is 84.0 cm³/mol. The van der Waals surface area contributed by atoms with Crippen LogP contribution < -0.4 is 11.3 Å². The van der Waals surface area contributed by atoms with Gasteiger partial charge in [0, 0.05) is 15.5 Å². The summed E-state index contributed by atoms with van der Waals surface area (Å²) in [5, 5.41) is 0.339. The second kappa shape index (κ2) is 7.31. The Labute approximate surface area is 135 Å². The zero-order chi connectivity index (χ0) is 15.4. The van der Waals surface area contributed by atoms with Crippen LogP contribution in [0.2, 0.25) is 5.02 Å². The zero-order valence-corrected chi connectivity index (χ0v) is 13.4. The van der Waals surface area contributed by atoms with Crippen molar-refractivity contribution in [2.45, 2.75) is 18.9 Å². The molecule has 1 unspecified atom stereocenters. The number of benzene rings is 2. The molecule has 0 aliphatic rings. The van der Waals surface area contributed by atoms with E-state index in [1.54, 1.807) is 18.2 Å². The molecule has 0 heterocycles. The summed E-state index contributed by atoms with van der Waals surface area (Å²) in [7, 11) is 0. The minimum Gasteiger partial charge on any atom is -0.271 e. The molecule has 112 valence electrons. The normalized spacial score (nSPS) is 12.4. The summed E-state index contributed by atoms with van der Waals surface area (Å²) in [6.45, 7) is 0. The molecule has 2 aromatic rings. The molecule has 21 heavy (non-hydrogen) atoms. The summed E-state index contributed by atoms with van der Waals surface area (Å²) in [5.41, 5.74) is 3.97. The van der Waals surface area contributed by atoms with Crippen molar-refractivity contribution in [2.75, 3.05) is 0 Å². The van der Waals surface area contributed by atoms with E-state index >= 15 is 0 Å². The number of halogens is 4. The molecule has 0 radical (unpaired) electrons. The van der Waals surface area contributed by atoms with E-state index in [0.29, 0.717) is 27.9 Å². The van der Waals surface area contributed by atoms with Crippen LogP contribution in [0.3, 0.4) is 0 Å². The van der Waals surface area contributed by atoms with Gasteiger partial charge in [0.2, 0.25) is 0 Å². The summed E-state index contributed by atoms with van der Waals surface area (Å²) >= 11 is 9.21. The molecule has 0 aliphatic heterocycles. The summed E-state index contributed by atoms with van der Waals surface area (Å²) in [4.78, 5) is 0. The third-order valence-corrected chi connectivity index (χ3v) is 4.04. The van der Waals surface area contributed by atoms with E-state index in [1.165, 1.54) is 18.2 Å². The largest absolute Gasteiger partial charge is 0.271 e. The van der Waals surface area contributed by atoms with E-state index in [1.807, 2.05) is 0 Å². The van der Waals surface area contributed by atoms with Gasteiger partial charge < -0.3 is 0 Å². The molecule has 2 nitrogen and oxygen atoms in total. The van der Waals surface area contributed by atoms with Crippen molar-refractivity contribution < 1.29 is 8.78 Å². The molecule has 6 heteroatoms. The summed E-state index contributed by atoms with van der Waals surface area (Å²) in [5.74, 6) is 4.84. The number of hydrogen-bond donors (Lipinski definition) is 2. The highest BCUT2D eigenvalue weighted by Crippen LogP contribution is 2.21. The van der Waals surface area contributed by atoms with E-state index in [0.717, 1.165) is 5.56 Å². The van der Waals surface area contributed by atoms with Crippen LogP contribution in [0.15, 0.2) is 40.9 Å². The lowest BCUT2D eigenvalue weighted by Crippen LogP contribution is -2.38. The summed E-state index contributed by atoms with van der Waals surface area (Å²) in [6.07, 6.45) is 0.883. The van der Waals surface area contributed by atoms with Crippen LogP contribution in [-0.4, -0.2) is 6.04 Å². The van der Waals surface area contributed by atoms with Gasteiger partial charge in [0.05, 0.1) is 0 Å². The number of hydrazine groups is 1. The second-order valence-electron chi connectivity index (χ2n) is 4.74. The van der Waals surface area contributed by atoms with Gasteiger partial charge in [0.15, 0.2) is 0 Å². The maximum absolute atomic E-state index is 13.8. The van der Waals surface area contributed by atoms with E-state index in [9.17, 15) is 8.78 Å². The van der Waals surface area contributed by atoms with Crippen molar-refractivity contribution >= 4 is 27.5 Å². The first-order chi connectivity index (χ1) is 9.99. The highest BCUT2D eigenvalue weighted by Gasteiger charge is 2.14. The molecule has 0 spiro atoms. The number of rotatable bonds is 5. The first kappa shape index (κ1) is 16.4. The Balaban J connectivity index is 2.13. The number of hydrogen-bond acceptors (Lipinski definition) is 2. The van der Waals surface area contributed by atoms with E-state index in [2.05, 4.69) is 21.4 Å². The van der Waals surface area contributed by atoms with Crippen LogP contribution >= 0.6 is 27.5 Å². The lowest BCUT2D eigenvalue weighted by molar-refractivity contribution is 0.506. The highest BCUT2D eigenvalue weighted by atomic mass is 79.9. The minimum absolute atomic E-state index is 0.205. The van der Waals surface area contributed by atoms with Gasteiger partial charge in [-0.1, -0.05) is 39.7 Å². The van der Waals surface area contributed by atoms with Crippen molar-refractivity contribution in [1.29, 1.82) is 0 Å². The third-order valence-electron chi connectivity index (χ3n) is 3.20. The Morgan fingerprint density at radius 2 is 1.76 bits per heavy atom. The first-order valence-corrected chi connectivity index (χ1v) is 7.50. The third kappa shape index (κ3) is 4.48. The molecule has 0 aliphatic carbocycles. The Kier molecular flexibility index (Phi) is 5.70. The van der Waals surface area contributed by atoms with Crippen LogP contribution in [0.25, 0.3) is 0 Å². The monoisotopic (exact) mass is 374 g/mol. The molecule has 2 aromatic carbocycles. The van der Waals surface area contributed by atoms with Gasteiger partial charge in [-0.05, 0) is 48.2 Å². The fraction of sp³-hybridized carbons (Fsp3) is 0.200. The fourth-order valence-corrected chi connectivity index (χ4v) is 2.67. The summed E-state index contributed by atoms with van der Waals surface area (Å²) in [6, 6.07) is 8.89. The Morgan fingerprint density at radius 1 is 1.10 bits per heavy atom. The molecule has 0 saturated carbocycles. The standard InChI is InChI=1S/C15H14BrClF2N2/c16-11-3-1-10(15(19)7-11)6-13(21-20)5-9-2-4-12(18)8-14(9)17/h1-4,7-8,13,21H,5-6,20H2. The molecule has 0 fully saturated rings. The topological polar surface area (TPSA) is 38.0 Å². The van der Waals surface area contributed by atoms with E-state index < -0.39 is 0 Å². The summed E-state index contributed by atoms with van der Waals surface area (Å²) < 4.78 is 27.6. The molecule has 0 bridgehead atoms. The van der Waals surface area contributed by atoms with Gasteiger partial charge in [0.1, 0.15) is 11.6 Å².